The smallest absolute Gasteiger partial charge is 0.257 e. The third kappa shape index (κ3) is 2.57. The normalized spacial score (nSPS) is 12.9. The van der Waals surface area contributed by atoms with Crippen LogP contribution in [0.3, 0.4) is 0 Å². The van der Waals surface area contributed by atoms with E-state index in [4.69, 9.17) is 11.6 Å². The SMILES string of the molecule is CC(=O)N1CCc2cccc(NC(=O)c3ccccc3Cl)c21. The molecular weight excluding hydrogens is 300 g/mol. The zero-order chi connectivity index (χ0) is 15.7. The Morgan fingerprint density at radius 1 is 1.14 bits per heavy atom. The molecule has 5 heteroatoms. The molecule has 1 aliphatic heterocycles. The summed E-state index contributed by atoms with van der Waals surface area (Å²) in [4.78, 5) is 25.9. The fourth-order valence-electron chi connectivity index (χ4n) is 2.71. The number of amides is 2. The Labute approximate surface area is 133 Å². The molecule has 0 unspecified atom stereocenters. The molecule has 0 atom stereocenters. The van der Waals surface area contributed by atoms with Gasteiger partial charge in [0, 0.05) is 13.5 Å². The van der Waals surface area contributed by atoms with Crippen LogP contribution in [0, 0.1) is 0 Å². The summed E-state index contributed by atoms with van der Waals surface area (Å²) in [6, 6.07) is 12.5. The van der Waals surface area contributed by atoms with E-state index in [2.05, 4.69) is 5.32 Å². The Balaban J connectivity index is 1.94. The summed E-state index contributed by atoms with van der Waals surface area (Å²) in [7, 11) is 0. The van der Waals surface area contributed by atoms with Crippen LogP contribution in [0.15, 0.2) is 42.5 Å². The summed E-state index contributed by atoms with van der Waals surface area (Å²) < 4.78 is 0. The van der Waals surface area contributed by atoms with Crippen molar-refractivity contribution in [3.63, 3.8) is 0 Å². The van der Waals surface area contributed by atoms with Crippen LogP contribution < -0.4 is 10.2 Å². The van der Waals surface area contributed by atoms with Crippen molar-refractivity contribution < 1.29 is 9.59 Å². The van der Waals surface area contributed by atoms with Crippen LogP contribution in [-0.4, -0.2) is 18.4 Å². The molecule has 3 rings (SSSR count). The molecule has 22 heavy (non-hydrogen) atoms. The van der Waals surface area contributed by atoms with Crippen LogP contribution in [0.5, 0.6) is 0 Å². The lowest BCUT2D eigenvalue weighted by Crippen LogP contribution is -2.27. The Kier molecular flexibility index (Phi) is 3.86. The first kappa shape index (κ1) is 14.6. The number of hydrogen-bond donors (Lipinski definition) is 1. The van der Waals surface area contributed by atoms with Crippen LogP contribution in [0.4, 0.5) is 11.4 Å². The topological polar surface area (TPSA) is 49.4 Å². The number of hydrogen-bond acceptors (Lipinski definition) is 2. The van der Waals surface area contributed by atoms with Crippen LogP contribution >= 0.6 is 11.6 Å². The van der Waals surface area contributed by atoms with Gasteiger partial charge in [0.1, 0.15) is 0 Å². The second kappa shape index (κ2) is 5.81. The monoisotopic (exact) mass is 314 g/mol. The molecule has 0 saturated heterocycles. The largest absolute Gasteiger partial charge is 0.320 e. The summed E-state index contributed by atoms with van der Waals surface area (Å²) in [6.07, 6.45) is 0.796. The summed E-state index contributed by atoms with van der Waals surface area (Å²) in [5.74, 6) is -0.312. The molecule has 0 spiro atoms. The van der Waals surface area contributed by atoms with Crippen LogP contribution in [0.25, 0.3) is 0 Å². The zero-order valence-corrected chi connectivity index (χ0v) is 12.9. The Hall–Kier alpha value is -2.33. The molecule has 112 valence electrons. The molecule has 0 radical (unpaired) electrons. The van der Waals surface area contributed by atoms with Crippen LogP contribution in [-0.2, 0) is 11.2 Å². The molecule has 2 aromatic carbocycles. The molecule has 0 bridgehead atoms. The standard InChI is InChI=1S/C17H15ClN2O2/c1-11(21)20-10-9-12-5-4-8-15(16(12)20)19-17(22)13-6-2-3-7-14(13)18/h2-8H,9-10H2,1H3,(H,19,22). The van der Waals surface area contributed by atoms with Gasteiger partial charge in [-0.15, -0.1) is 0 Å². The van der Waals surface area contributed by atoms with Gasteiger partial charge in [-0.2, -0.15) is 0 Å². The number of carbonyl (C=O) groups is 2. The molecule has 2 aromatic rings. The number of halogens is 1. The van der Waals surface area contributed by atoms with E-state index in [0.29, 0.717) is 22.8 Å². The highest BCUT2D eigenvalue weighted by molar-refractivity contribution is 6.34. The molecule has 4 nitrogen and oxygen atoms in total. The number of nitrogens with one attached hydrogen (secondary N) is 1. The second-order valence-electron chi connectivity index (χ2n) is 5.17. The minimum absolute atomic E-state index is 0.0295. The van der Waals surface area contributed by atoms with Gasteiger partial charge in [-0.05, 0) is 30.2 Å². The number of nitrogens with zero attached hydrogens (tertiary/aromatic N) is 1. The van der Waals surface area contributed by atoms with Crippen molar-refractivity contribution >= 4 is 34.8 Å². The predicted octanol–water partition coefficient (Wildman–Crippen LogP) is 3.50. The fourth-order valence-corrected chi connectivity index (χ4v) is 2.93. The lowest BCUT2D eigenvalue weighted by molar-refractivity contribution is -0.116. The fraction of sp³-hybridized carbons (Fsp3) is 0.176. The molecule has 0 aromatic heterocycles. The van der Waals surface area contributed by atoms with Crippen molar-refractivity contribution in [1.29, 1.82) is 0 Å². The maximum atomic E-state index is 12.4. The molecule has 0 fully saturated rings. The maximum Gasteiger partial charge on any atom is 0.257 e. The first-order valence-corrected chi connectivity index (χ1v) is 7.41. The van der Waals surface area contributed by atoms with Crippen molar-refractivity contribution in [1.82, 2.24) is 0 Å². The highest BCUT2D eigenvalue weighted by atomic mass is 35.5. The number of anilines is 2. The van der Waals surface area contributed by atoms with E-state index in [-0.39, 0.29) is 11.8 Å². The first-order chi connectivity index (χ1) is 10.6. The summed E-state index contributed by atoms with van der Waals surface area (Å²) in [5.41, 5.74) is 2.90. The van der Waals surface area contributed by atoms with Crippen LogP contribution in [0.1, 0.15) is 22.8 Å². The lowest BCUT2D eigenvalue weighted by Gasteiger charge is -2.19. The van der Waals surface area contributed by atoms with Gasteiger partial charge in [0.2, 0.25) is 5.91 Å². The number of rotatable bonds is 2. The molecule has 1 heterocycles. The van der Waals surface area contributed by atoms with Gasteiger partial charge in [-0.1, -0.05) is 35.9 Å². The summed E-state index contributed by atoms with van der Waals surface area (Å²) in [6.45, 7) is 2.17. The number of fused-ring (bicyclic) bond motifs is 1. The first-order valence-electron chi connectivity index (χ1n) is 7.04. The van der Waals surface area contributed by atoms with Gasteiger partial charge < -0.3 is 10.2 Å². The number of benzene rings is 2. The predicted molar refractivity (Wildman–Crippen MR) is 87.6 cm³/mol. The van der Waals surface area contributed by atoms with E-state index in [1.165, 1.54) is 6.92 Å². The molecule has 0 saturated carbocycles. The van der Waals surface area contributed by atoms with Crippen molar-refractivity contribution in [2.24, 2.45) is 0 Å². The Bertz CT molecular complexity index is 758. The Morgan fingerprint density at radius 3 is 2.64 bits per heavy atom. The maximum absolute atomic E-state index is 12.4. The van der Waals surface area contributed by atoms with E-state index in [9.17, 15) is 9.59 Å². The van der Waals surface area contributed by atoms with Gasteiger partial charge in [0.25, 0.3) is 5.91 Å². The highest BCUT2D eigenvalue weighted by Gasteiger charge is 2.26. The molecule has 0 aliphatic carbocycles. The van der Waals surface area contributed by atoms with E-state index in [1.54, 1.807) is 35.2 Å². The van der Waals surface area contributed by atoms with Gasteiger partial charge in [-0.3, -0.25) is 9.59 Å². The third-order valence-electron chi connectivity index (χ3n) is 3.74. The van der Waals surface area contributed by atoms with E-state index >= 15 is 0 Å². The zero-order valence-electron chi connectivity index (χ0n) is 12.1. The van der Waals surface area contributed by atoms with Crippen molar-refractivity contribution in [3.8, 4) is 0 Å². The summed E-state index contributed by atoms with van der Waals surface area (Å²) >= 11 is 6.06. The highest BCUT2D eigenvalue weighted by Crippen LogP contribution is 2.36. The van der Waals surface area contributed by atoms with E-state index in [0.717, 1.165) is 17.7 Å². The quantitative estimate of drug-likeness (QED) is 0.922. The molecule has 2 amide bonds. The van der Waals surface area contributed by atoms with Crippen LogP contribution in [0.2, 0.25) is 5.02 Å². The second-order valence-corrected chi connectivity index (χ2v) is 5.58. The molecular formula is C17H15ClN2O2. The van der Waals surface area contributed by atoms with Crippen molar-refractivity contribution in [2.75, 3.05) is 16.8 Å². The van der Waals surface area contributed by atoms with Gasteiger partial charge in [0.15, 0.2) is 0 Å². The lowest BCUT2D eigenvalue weighted by atomic mass is 10.1. The molecule has 1 N–H and O–H groups in total. The average molecular weight is 315 g/mol. The van der Waals surface area contributed by atoms with E-state index < -0.39 is 0 Å². The summed E-state index contributed by atoms with van der Waals surface area (Å²) in [5, 5.41) is 3.27. The number of para-hydroxylation sites is 1. The Morgan fingerprint density at radius 2 is 1.91 bits per heavy atom. The van der Waals surface area contributed by atoms with E-state index in [1.807, 2.05) is 12.1 Å². The molecule has 1 aliphatic rings. The minimum Gasteiger partial charge on any atom is -0.320 e. The van der Waals surface area contributed by atoms with Crippen molar-refractivity contribution in [3.05, 3.63) is 58.6 Å². The minimum atomic E-state index is -0.283. The average Bonchev–Trinajstić information content (AvgIpc) is 2.93. The van der Waals surface area contributed by atoms with Gasteiger partial charge >= 0.3 is 0 Å². The van der Waals surface area contributed by atoms with Crippen molar-refractivity contribution in [2.45, 2.75) is 13.3 Å². The number of carbonyl (C=O) groups excluding carboxylic acids is 2. The van der Waals surface area contributed by atoms with Gasteiger partial charge in [0.05, 0.1) is 22.0 Å². The third-order valence-corrected chi connectivity index (χ3v) is 4.07. The van der Waals surface area contributed by atoms with Gasteiger partial charge in [-0.25, -0.2) is 0 Å².